The van der Waals surface area contributed by atoms with Crippen molar-refractivity contribution in [2.45, 2.75) is 10.7 Å². The Morgan fingerprint density at radius 1 is 1.12 bits per heavy atom. The van der Waals surface area contributed by atoms with Gasteiger partial charge in [-0.3, -0.25) is 0 Å². The summed E-state index contributed by atoms with van der Waals surface area (Å²) >= 11 is 6.18. The summed E-state index contributed by atoms with van der Waals surface area (Å²) in [5.74, 6) is -2.41. The van der Waals surface area contributed by atoms with Crippen molar-refractivity contribution >= 4 is 23.4 Å². The van der Waals surface area contributed by atoms with E-state index >= 15 is 0 Å². The first kappa shape index (κ1) is 12.3. The summed E-state index contributed by atoms with van der Waals surface area (Å²) in [6, 6.07) is 8.41. The van der Waals surface area contributed by atoms with Crippen molar-refractivity contribution in [1.29, 1.82) is 0 Å². The molecule has 1 aromatic heterocycles. The highest BCUT2D eigenvalue weighted by Crippen LogP contribution is 2.27. The number of thioether (sulfide) groups is 1. The maximum Gasteiger partial charge on any atom is 0.288 e. The van der Waals surface area contributed by atoms with Gasteiger partial charge in [-0.1, -0.05) is 23.9 Å². The van der Waals surface area contributed by atoms with Gasteiger partial charge in [-0.05, 0) is 29.8 Å². The third-order valence-corrected chi connectivity index (χ3v) is 2.91. The minimum Gasteiger partial charge on any atom is -0.226 e. The summed E-state index contributed by atoms with van der Waals surface area (Å²) in [6.07, 6.45) is 1.55. The Labute approximate surface area is 106 Å². The molecular weight excluding hydrogens is 266 g/mol. The molecule has 2 aromatic rings. The molecule has 0 aliphatic rings. The smallest absolute Gasteiger partial charge is 0.226 e. The molecule has 1 aromatic carbocycles. The molecule has 0 bridgehead atoms. The molecule has 17 heavy (non-hydrogen) atoms. The monoisotopic (exact) mass is 272 g/mol. The van der Waals surface area contributed by atoms with E-state index in [0.29, 0.717) is 22.4 Å². The SMILES string of the molecule is FC(F)Sc1ccc(-c2ccnc(Cl)n2)cc1. The Morgan fingerprint density at radius 3 is 2.41 bits per heavy atom. The first-order valence-corrected chi connectivity index (χ1v) is 5.95. The normalized spacial score (nSPS) is 10.8. The summed E-state index contributed by atoms with van der Waals surface area (Å²) in [5.41, 5.74) is 1.48. The summed E-state index contributed by atoms with van der Waals surface area (Å²) in [7, 11) is 0. The second kappa shape index (κ2) is 5.42. The molecule has 0 aliphatic carbocycles. The second-order valence-corrected chi connectivity index (χ2v) is 4.52. The van der Waals surface area contributed by atoms with Crippen molar-refractivity contribution in [2.75, 3.05) is 0 Å². The molecule has 0 radical (unpaired) electrons. The maximum atomic E-state index is 12.1. The van der Waals surface area contributed by atoms with Gasteiger partial charge in [0.2, 0.25) is 5.28 Å². The largest absolute Gasteiger partial charge is 0.288 e. The van der Waals surface area contributed by atoms with Gasteiger partial charge in [-0.2, -0.15) is 8.78 Å². The van der Waals surface area contributed by atoms with E-state index in [2.05, 4.69) is 9.97 Å². The van der Waals surface area contributed by atoms with Gasteiger partial charge in [-0.15, -0.1) is 0 Å². The van der Waals surface area contributed by atoms with Gasteiger partial charge in [0.1, 0.15) is 0 Å². The first-order valence-electron chi connectivity index (χ1n) is 4.69. The fraction of sp³-hybridized carbons (Fsp3) is 0.0909. The molecule has 6 heteroatoms. The van der Waals surface area contributed by atoms with Crippen LogP contribution >= 0.6 is 23.4 Å². The number of hydrogen-bond donors (Lipinski definition) is 0. The van der Waals surface area contributed by atoms with Crippen molar-refractivity contribution in [3.63, 3.8) is 0 Å². The zero-order valence-corrected chi connectivity index (χ0v) is 10.1. The zero-order chi connectivity index (χ0) is 12.3. The summed E-state index contributed by atoms with van der Waals surface area (Å²) in [4.78, 5) is 8.32. The van der Waals surface area contributed by atoms with Crippen molar-refractivity contribution < 1.29 is 8.78 Å². The molecule has 0 unspecified atom stereocenters. The highest BCUT2D eigenvalue weighted by Gasteiger charge is 2.06. The van der Waals surface area contributed by atoms with Crippen LogP contribution in [0.1, 0.15) is 0 Å². The van der Waals surface area contributed by atoms with Crippen LogP contribution in [0.4, 0.5) is 8.78 Å². The number of nitrogens with zero attached hydrogens (tertiary/aromatic N) is 2. The van der Waals surface area contributed by atoms with Crippen LogP contribution in [-0.4, -0.2) is 15.7 Å². The molecule has 0 atom stereocenters. The Balaban J connectivity index is 2.23. The van der Waals surface area contributed by atoms with Crippen LogP contribution in [-0.2, 0) is 0 Å². The summed E-state index contributed by atoms with van der Waals surface area (Å²) in [5, 5.41) is 0.161. The molecule has 2 rings (SSSR count). The van der Waals surface area contributed by atoms with E-state index in [9.17, 15) is 8.78 Å². The standard InChI is InChI=1S/C11H7ClF2N2S/c12-10-15-6-5-9(16-10)7-1-3-8(4-2-7)17-11(13)14/h1-6,11H. The van der Waals surface area contributed by atoms with E-state index in [1.54, 1.807) is 36.5 Å². The van der Waals surface area contributed by atoms with E-state index < -0.39 is 5.76 Å². The Hall–Kier alpha value is -1.20. The molecule has 0 saturated heterocycles. The molecule has 0 amide bonds. The lowest BCUT2D eigenvalue weighted by Crippen LogP contribution is -1.87. The highest BCUT2D eigenvalue weighted by atomic mass is 35.5. The van der Waals surface area contributed by atoms with Gasteiger partial charge >= 0.3 is 0 Å². The quantitative estimate of drug-likeness (QED) is 0.621. The van der Waals surface area contributed by atoms with Crippen LogP contribution in [0, 0.1) is 0 Å². The lowest BCUT2D eigenvalue weighted by molar-refractivity contribution is 0.252. The Morgan fingerprint density at radius 2 is 1.82 bits per heavy atom. The van der Waals surface area contributed by atoms with E-state index in [1.807, 2.05) is 0 Å². The van der Waals surface area contributed by atoms with Crippen LogP contribution in [0.3, 0.4) is 0 Å². The minimum absolute atomic E-state index is 0.161. The average molecular weight is 273 g/mol. The van der Waals surface area contributed by atoms with E-state index in [0.717, 1.165) is 5.56 Å². The summed E-state index contributed by atoms with van der Waals surface area (Å²) < 4.78 is 24.2. The number of aromatic nitrogens is 2. The van der Waals surface area contributed by atoms with Gasteiger partial charge in [0.15, 0.2) is 0 Å². The lowest BCUT2D eigenvalue weighted by Gasteiger charge is -2.03. The van der Waals surface area contributed by atoms with Crippen molar-refractivity contribution in [1.82, 2.24) is 9.97 Å². The van der Waals surface area contributed by atoms with Gasteiger partial charge in [0.25, 0.3) is 5.76 Å². The number of alkyl halides is 2. The number of rotatable bonds is 3. The predicted octanol–water partition coefficient (Wildman–Crippen LogP) is 4.11. The summed E-state index contributed by atoms with van der Waals surface area (Å²) in [6.45, 7) is 0. The maximum absolute atomic E-state index is 12.1. The highest BCUT2D eigenvalue weighted by molar-refractivity contribution is 7.99. The second-order valence-electron chi connectivity index (χ2n) is 3.11. The van der Waals surface area contributed by atoms with Crippen molar-refractivity contribution in [3.05, 3.63) is 41.8 Å². The minimum atomic E-state index is -2.41. The molecule has 0 fully saturated rings. The van der Waals surface area contributed by atoms with Crippen LogP contribution in [0.15, 0.2) is 41.4 Å². The topological polar surface area (TPSA) is 25.8 Å². The number of halogens is 3. The van der Waals surface area contributed by atoms with E-state index in [4.69, 9.17) is 11.6 Å². The fourth-order valence-electron chi connectivity index (χ4n) is 1.30. The van der Waals surface area contributed by atoms with Gasteiger partial charge in [0.05, 0.1) is 5.69 Å². The van der Waals surface area contributed by atoms with Crippen molar-refractivity contribution in [3.8, 4) is 11.3 Å². The average Bonchev–Trinajstić information content (AvgIpc) is 2.29. The van der Waals surface area contributed by atoms with E-state index in [-0.39, 0.29) is 5.28 Å². The van der Waals surface area contributed by atoms with Crippen LogP contribution in [0.5, 0.6) is 0 Å². The number of hydrogen-bond acceptors (Lipinski definition) is 3. The molecule has 88 valence electrons. The molecule has 1 heterocycles. The Kier molecular flexibility index (Phi) is 3.91. The van der Waals surface area contributed by atoms with Gasteiger partial charge in [0, 0.05) is 16.7 Å². The molecule has 0 N–H and O–H groups in total. The Bertz CT molecular complexity index is 505. The predicted molar refractivity (Wildman–Crippen MR) is 64.3 cm³/mol. The van der Waals surface area contributed by atoms with Crippen LogP contribution in [0.25, 0.3) is 11.3 Å². The molecular formula is C11H7ClF2N2S. The van der Waals surface area contributed by atoms with E-state index in [1.165, 1.54) is 0 Å². The first-order chi connectivity index (χ1) is 8.15. The lowest BCUT2D eigenvalue weighted by atomic mass is 10.1. The van der Waals surface area contributed by atoms with Gasteiger partial charge in [-0.25, -0.2) is 9.97 Å². The van der Waals surface area contributed by atoms with Crippen LogP contribution < -0.4 is 0 Å². The fourth-order valence-corrected chi connectivity index (χ4v) is 1.95. The molecule has 2 nitrogen and oxygen atoms in total. The molecule has 0 saturated carbocycles. The van der Waals surface area contributed by atoms with Crippen LogP contribution in [0.2, 0.25) is 5.28 Å². The van der Waals surface area contributed by atoms with Crippen molar-refractivity contribution in [2.24, 2.45) is 0 Å². The third kappa shape index (κ3) is 3.38. The third-order valence-electron chi connectivity index (χ3n) is 2.00. The zero-order valence-electron chi connectivity index (χ0n) is 8.48. The molecule has 0 spiro atoms. The molecule has 0 aliphatic heterocycles. The number of benzene rings is 1. The van der Waals surface area contributed by atoms with Gasteiger partial charge < -0.3 is 0 Å².